The first-order chi connectivity index (χ1) is 10.5. The molecule has 0 aliphatic carbocycles. The van der Waals surface area contributed by atoms with Crippen molar-refractivity contribution in [3.63, 3.8) is 0 Å². The van der Waals surface area contributed by atoms with Crippen molar-refractivity contribution in [2.24, 2.45) is 0 Å². The average Bonchev–Trinajstić information content (AvgIpc) is 2.47. The number of aromatic nitrogens is 1. The number of pyridine rings is 1. The first-order valence-electron chi connectivity index (χ1n) is 6.60. The first kappa shape index (κ1) is 15.6. The van der Waals surface area contributed by atoms with E-state index >= 15 is 0 Å². The van der Waals surface area contributed by atoms with E-state index in [4.69, 9.17) is 5.26 Å². The minimum absolute atomic E-state index is 0.0320. The highest BCUT2D eigenvalue weighted by Crippen LogP contribution is 2.23. The summed E-state index contributed by atoms with van der Waals surface area (Å²) in [5.74, 6) is -1.75. The first-order valence-corrected chi connectivity index (χ1v) is 6.60. The molecule has 112 valence electrons. The Morgan fingerprint density at radius 3 is 2.73 bits per heavy atom. The van der Waals surface area contributed by atoms with Crippen molar-refractivity contribution in [2.45, 2.75) is 19.3 Å². The number of carbonyl (C=O) groups excluding carboxylic acids is 1. The molecule has 0 aliphatic heterocycles. The minimum atomic E-state index is -0.670. The molecule has 22 heavy (non-hydrogen) atoms. The third-order valence-corrected chi connectivity index (χ3v) is 3.15. The van der Waals surface area contributed by atoms with Gasteiger partial charge < -0.3 is 5.32 Å². The number of amides is 1. The number of benzene rings is 1. The molecule has 1 amide bonds. The van der Waals surface area contributed by atoms with Crippen LogP contribution in [0.2, 0.25) is 0 Å². The van der Waals surface area contributed by atoms with Crippen molar-refractivity contribution in [1.82, 2.24) is 4.98 Å². The number of nitrogens with one attached hydrogen (secondary N) is 1. The summed E-state index contributed by atoms with van der Waals surface area (Å²) in [6.07, 6.45) is 1.38. The third kappa shape index (κ3) is 3.85. The van der Waals surface area contributed by atoms with Gasteiger partial charge in [-0.05, 0) is 29.7 Å². The zero-order valence-electron chi connectivity index (χ0n) is 11.8. The lowest BCUT2D eigenvalue weighted by atomic mass is 9.97. The number of hydrogen-bond acceptors (Lipinski definition) is 3. The Bertz CT molecular complexity index is 723. The van der Waals surface area contributed by atoms with Crippen molar-refractivity contribution in [3.8, 4) is 6.07 Å². The van der Waals surface area contributed by atoms with Crippen LogP contribution in [0.15, 0.2) is 36.5 Å². The van der Waals surface area contributed by atoms with Crippen LogP contribution in [0.1, 0.15) is 30.4 Å². The van der Waals surface area contributed by atoms with Gasteiger partial charge in [-0.3, -0.25) is 4.79 Å². The molecule has 1 N–H and O–H groups in total. The average molecular weight is 301 g/mol. The Morgan fingerprint density at radius 2 is 2.14 bits per heavy atom. The molecule has 4 nitrogen and oxygen atoms in total. The van der Waals surface area contributed by atoms with Crippen LogP contribution in [0.4, 0.5) is 14.6 Å². The normalized spacial score (nSPS) is 11.5. The van der Waals surface area contributed by atoms with Crippen molar-refractivity contribution in [1.29, 1.82) is 5.26 Å². The van der Waals surface area contributed by atoms with Crippen molar-refractivity contribution in [2.75, 3.05) is 5.32 Å². The molecular weight excluding hydrogens is 288 g/mol. The summed E-state index contributed by atoms with van der Waals surface area (Å²) in [4.78, 5) is 15.8. The van der Waals surface area contributed by atoms with Crippen LogP contribution in [0.25, 0.3) is 0 Å². The highest BCUT2D eigenvalue weighted by molar-refractivity contribution is 5.90. The molecular formula is C16H13F2N3O. The van der Waals surface area contributed by atoms with Gasteiger partial charge in [0.2, 0.25) is 5.91 Å². The van der Waals surface area contributed by atoms with Gasteiger partial charge in [-0.1, -0.05) is 13.0 Å². The maximum atomic E-state index is 13.6. The zero-order valence-corrected chi connectivity index (χ0v) is 11.8. The molecule has 0 saturated carbocycles. The predicted molar refractivity (Wildman–Crippen MR) is 77.0 cm³/mol. The van der Waals surface area contributed by atoms with Gasteiger partial charge in [0.05, 0.1) is 5.56 Å². The summed E-state index contributed by atoms with van der Waals surface area (Å²) in [5, 5.41) is 11.2. The topological polar surface area (TPSA) is 65.8 Å². The molecule has 0 saturated heterocycles. The number of hydrogen-bond donors (Lipinski definition) is 1. The molecule has 0 spiro atoms. The lowest BCUT2D eigenvalue weighted by Crippen LogP contribution is -2.15. The number of rotatable bonds is 4. The van der Waals surface area contributed by atoms with Gasteiger partial charge in [-0.2, -0.15) is 5.26 Å². The van der Waals surface area contributed by atoms with Crippen LogP contribution in [0.5, 0.6) is 0 Å². The van der Waals surface area contributed by atoms with Crippen LogP contribution >= 0.6 is 0 Å². The molecule has 0 unspecified atom stereocenters. The molecule has 0 aliphatic rings. The molecule has 0 bridgehead atoms. The highest BCUT2D eigenvalue weighted by Gasteiger charge is 2.16. The lowest BCUT2D eigenvalue weighted by molar-refractivity contribution is -0.116. The Labute approximate surface area is 126 Å². The van der Waals surface area contributed by atoms with Crippen LogP contribution in [-0.2, 0) is 4.79 Å². The van der Waals surface area contributed by atoms with E-state index in [1.165, 1.54) is 24.4 Å². The second-order valence-electron chi connectivity index (χ2n) is 4.86. The molecule has 2 rings (SSSR count). The molecule has 1 aromatic heterocycles. The molecule has 0 fully saturated rings. The number of nitrogens with zero attached hydrogens (tertiary/aromatic N) is 2. The molecule has 1 atom stereocenters. The van der Waals surface area contributed by atoms with E-state index in [2.05, 4.69) is 10.3 Å². The SMILES string of the molecule is C[C@H](CC(=O)Nc1ccc(C#N)cn1)c1ccc(F)cc1F. The number of halogens is 2. The molecule has 6 heteroatoms. The summed E-state index contributed by atoms with van der Waals surface area (Å²) in [6, 6.07) is 8.27. The van der Waals surface area contributed by atoms with Gasteiger partial charge in [-0.15, -0.1) is 0 Å². The van der Waals surface area contributed by atoms with Gasteiger partial charge in [0.15, 0.2) is 0 Å². The van der Waals surface area contributed by atoms with E-state index in [-0.39, 0.29) is 17.9 Å². The van der Waals surface area contributed by atoms with Crippen LogP contribution < -0.4 is 5.32 Å². The summed E-state index contributed by atoms with van der Waals surface area (Å²) < 4.78 is 26.5. The molecule has 2 aromatic rings. The molecule has 0 radical (unpaired) electrons. The Hall–Kier alpha value is -2.81. The number of anilines is 1. The van der Waals surface area contributed by atoms with Gasteiger partial charge in [-0.25, -0.2) is 13.8 Å². The van der Waals surface area contributed by atoms with Crippen LogP contribution in [0, 0.1) is 23.0 Å². The summed E-state index contributed by atoms with van der Waals surface area (Å²) in [5.41, 5.74) is 0.670. The van der Waals surface area contributed by atoms with Crippen molar-refractivity contribution < 1.29 is 13.6 Å². The van der Waals surface area contributed by atoms with Gasteiger partial charge in [0.25, 0.3) is 0 Å². The fourth-order valence-corrected chi connectivity index (χ4v) is 2.02. The van der Waals surface area contributed by atoms with Crippen LogP contribution in [0.3, 0.4) is 0 Å². The smallest absolute Gasteiger partial charge is 0.226 e. The summed E-state index contributed by atoms with van der Waals surface area (Å²) >= 11 is 0. The number of nitriles is 1. The third-order valence-electron chi connectivity index (χ3n) is 3.15. The minimum Gasteiger partial charge on any atom is -0.311 e. The summed E-state index contributed by atoms with van der Waals surface area (Å²) in [6.45, 7) is 1.68. The second kappa shape index (κ2) is 6.76. The molecule has 1 heterocycles. The van der Waals surface area contributed by atoms with Gasteiger partial charge in [0.1, 0.15) is 23.5 Å². The largest absolute Gasteiger partial charge is 0.311 e. The van der Waals surface area contributed by atoms with E-state index in [1.807, 2.05) is 6.07 Å². The van der Waals surface area contributed by atoms with Crippen molar-refractivity contribution in [3.05, 3.63) is 59.3 Å². The lowest BCUT2D eigenvalue weighted by Gasteiger charge is -2.12. The Morgan fingerprint density at radius 1 is 1.36 bits per heavy atom. The summed E-state index contributed by atoms with van der Waals surface area (Å²) in [7, 11) is 0. The fourth-order valence-electron chi connectivity index (χ4n) is 2.02. The fraction of sp³-hybridized carbons (Fsp3) is 0.188. The van der Waals surface area contributed by atoms with E-state index < -0.39 is 17.6 Å². The quantitative estimate of drug-likeness (QED) is 0.941. The zero-order chi connectivity index (χ0) is 16.1. The Kier molecular flexibility index (Phi) is 4.79. The van der Waals surface area contributed by atoms with E-state index in [0.29, 0.717) is 11.4 Å². The standard InChI is InChI=1S/C16H13F2N3O/c1-10(13-4-3-12(17)7-14(13)18)6-16(22)21-15-5-2-11(8-19)9-20-15/h2-5,7,9-10H,6H2,1H3,(H,20,21,22)/t10-/m1/s1. The monoisotopic (exact) mass is 301 g/mol. The van der Waals surface area contributed by atoms with Gasteiger partial charge >= 0.3 is 0 Å². The van der Waals surface area contributed by atoms with E-state index in [9.17, 15) is 13.6 Å². The predicted octanol–water partition coefficient (Wildman–Crippen LogP) is 3.36. The highest BCUT2D eigenvalue weighted by atomic mass is 19.1. The van der Waals surface area contributed by atoms with Crippen molar-refractivity contribution >= 4 is 11.7 Å². The maximum Gasteiger partial charge on any atom is 0.226 e. The Balaban J connectivity index is 2.00. The van der Waals surface area contributed by atoms with E-state index in [1.54, 1.807) is 6.92 Å². The van der Waals surface area contributed by atoms with Gasteiger partial charge in [0, 0.05) is 18.7 Å². The molecule has 1 aromatic carbocycles. The van der Waals surface area contributed by atoms with Crippen LogP contribution in [-0.4, -0.2) is 10.9 Å². The maximum absolute atomic E-state index is 13.6. The number of carbonyl (C=O) groups is 1. The second-order valence-corrected chi connectivity index (χ2v) is 4.86. The van der Waals surface area contributed by atoms with E-state index in [0.717, 1.165) is 12.1 Å².